The lowest BCUT2D eigenvalue weighted by molar-refractivity contribution is 0.416. The molecule has 0 radical (unpaired) electrons. The zero-order valence-electron chi connectivity index (χ0n) is 14.3. The smallest absolute Gasteiger partial charge is 0.283 e. The van der Waals surface area contributed by atoms with Gasteiger partial charge in [0.05, 0.1) is 15.6 Å². The third kappa shape index (κ3) is 3.54. The van der Waals surface area contributed by atoms with Crippen molar-refractivity contribution in [1.82, 2.24) is 0 Å². The molecular weight excluding hydrogens is 482 g/mol. The zero-order valence-corrected chi connectivity index (χ0v) is 18.1. The average molecular weight is 494 g/mol. The van der Waals surface area contributed by atoms with E-state index < -0.39 is 31.9 Å². The maximum absolute atomic E-state index is 13.0. The minimum atomic E-state index is -5.22. The molecule has 3 N–H and O–H groups in total. The van der Waals surface area contributed by atoms with Crippen LogP contribution in [0.2, 0.25) is 20.1 Å². The van der Waals surface area contributed by atoms with Crippen molar-refractivity contribution >= 4 is 56.5 Å². The molecule has 0 aromatic heterocycles. The molecule has 152 valence electrons. The minimum absolute atomic E-state index is 0.0592. The van der Waals surface area contributed by atoms with Gasteiger partial charge in [-0.25, -0.2) is 0 Å². The molecule has 3 rings (SSSR count). The van der Waals surface area contributed by atoms with Gasteiger partial charge in [0.15, 0.2) is 4.75 Å². The summed E-state index contributed by atoms with van der Waals surface area (Å²) in [6, 6.07) is 11.7. The summed E-state index contributed by atoms with van der Waals surface area (Å²) in [5.74, 6) is -1.26. The Bertz CT molecular complexity index is 1190. The van der Waals surface area contributed by atoms with E-state index in [9.17, 15) is 23.2 Å². The molecule has 0 heterocycles. The molecule has 0 aliphatic carbocycles. The molecule has 5 nitrogen and oxygen atoms in total. The summed E-state index contributed by atoms with van der Waals surface area (Å²) in [7, 11) is -5.22. The first-order valence-corrected chi connectivity index (χ1v) is 10.9. The minimum Gasteiger partial charge on any atom is -0.507 e. The van der Waals surface area contributed by atoms with Gasteiger partial charge in [0.1, 0.15) is 11.5 Å². The fourth-order valence-corrected chi connectivity index (χ4v) is 5.74. The number of phenols is 2. The summed E-state index contributed by atoms with van der Waals surface area (Å²) < 4.78 is 33.9. The van der Waals surface area contributed by atoms with E-state index in [-0.39, 0.29) is 31.2 Å². The highest BCUT2D eigenvalue weighted by molar-refractivity contribution is 7.87. The third-order valence-corrected chi connectivity index (χ3v) is 7.16. The van der Waals surface area contributed by atoms with Crippen LogP contribution in [-0.4, -0.2) is 23.2 Å². The fourth-order valence-electron chi connectivity index (χ4n) is 3.27. The van der Waals surface area contributed by atoms with Gasteiger partial charge in [0, 0.05) is 15.6 Å². The van der Waals surface area contributed by atoms with Crippen LogP contribution in [0.4, 0.5) is 0 Å². The van der Waals surface area contributed by atoms with E-state index in [1.165, 1.54) is 42.5 Å². The van der Waals surface area contributed by atoms with Crippen molar-refractivity contribution in [1.29, 1.82) is 0 Å². The summed E-state index contributed by atoms with van der Waals surface area (Å²) in [5.41, 5.74) is -1.04. The molecule has 0 fully saturated rings. The molecule has 0 aliphatic heterocycles. The lowest BCUT2D eigenvalue weighted by Crippen LogP contribution is -2.39. The average Bonchev–Trinajstić information content (AvgIpc) is 2.62. The molecular formula is C19H12Cl4O5S. The molecule has 0 saturated heterocycles. The Kier molecular flexibility index (Phi) is 5.98. The lowest BCUT2D eigenvalue weighted by Gasteiger charge is -2.34. The Morgan fingerprint density at radius 2 is 1.31 bits per heavy atom. The van der Waals surface area contributed by atoms with E-state index in [0.717, 1.165) is 12.1 Å². The molecule has 0 bridgehead atoms. The molecule has 3 aromatic rings. The van der Waals surface area contributed by atoms with E-state index in [1.54, 1.807) is 0 Å². The maximum atomic E-state index is 13.0. The van der Waals surface area contributed by atoms with Crippen LogP contribution in [-0.2, 0) is 14.9 Å². The van der Waals surface area contributed by atoms with Gasteiger partial charge in [-0.15, -0.1) is 0 Å². The standard InChI is InChI=1S/C19H12Cl4O5S/c20-11-4-1-3-10(9-11)19(29(26,27)28,17-14(24)5-2-6-15(17)25)16-12(21)7-8-13(22)18(16)23/h1-9,24-25H,(H,26,27,28). The summed E-state index contributed by atoms with van der Waals surface area (Å²) in [5, 5.41) is 20.7. The van der Waals surface area contributed by atoms with Crippen LogP contribution in [0.3, 0.4) is 0 Å². The quantitative estimate of drug-likeness (QED) is 0.239. The van der Waals surface area contributed by atoms with Crippen LogP contribution in [0.5, 0.6) is 11.5 Å². The molecule has 0 amide bonds. The van der Waals surface area contributed by atoms with Gasteiger partial charge >= 0.3 is 0 Å². The normalized spacial score (nSPS) is 13.8. The predicted molar refractivity (Wildman–Crippen MR) is 114 cm³/mol. The molecule has 0 saturated carbocycles. The van der Waals surface area contributed by atoms with Crippen molar-refractivity contribution in [3.05, 3.63) is 91.4 Å². The number of benzene rings is 3. The van der Waals surface area contributed by atoms with Crippen LogP contribution in [0.25, 0.3) is 0 Å². The SMILES string of the molecule is O=S(=O)(O)C(c1cccc(Cl)c1)(c1c(O)cccc1O)c1c(Cl)ccc(Cl)c1Cl. The molecule has 10 heteroatoms. The topological polar surface area (TPSA) is 94.8 Å². The van der Waals surface area contributed by atoms with E-state index >= 15 is 0 Å². The molecule has 0 aliphatic rings. The third-order valence-electron chi connectivity index (χ3n) is 4.39. The Hall–Kier alpha value is -1.67. The van der Waals surface area contributed by atoms with Gasteiger partial charge in [0.25, 0.3) is 10.1 Å². The van der Waals surface area contributed by atoms with Crippen LogP contribution >= 0.6 is 46.4 Å². The number of halogens is 4. The van der Waals surface area contributed by atoms with Gasteiger partial charge in [-0.1, -0.05) is 64.6 Å². The Morgan fingerprint density at radius 3 is 1.86 bits per heavy atom. The van der Waals surface area contributed by atoms with Crippen molar-refractivity contribution < 1.29 is 23.2 Å². The first-order valence-electron chi connectivity index (χ1n) is 7.90. The van der Waals surface area contributed by atoms with Crippen molar-refractivity contribution in [3.8, 4) is 11.5 Å². The second-order valence-electron chi connectivity index (χ2n) is 6.06. The Morgan fingerprint density at radius 1 is 0.759 bits per heavy atom. The molecule has 3 aromatic carbocycles. The van der Waals surface area contributed by atoms with E-state index in [1.807, 2.05) is 0 Å². The number of rotatable bonds is 4. The van der Waals surface area contributed by atoms with E-state index in [0.29, 0.717) is 0 Å². The Balaban J connectivity index is 2.71. The van der Waals surface area contributed by atoms with E-state index in [4.69, 9.17) is 46.4 Å². The highest BCUT2D eigenvalue weighted by Gasteiger charge is 2.54. The Labute approximate surface area is 186 Å². The number of phenolic OH excluding ortho intramolecular Hbond substituents is 2. The first-order chi connectivity index (χ1) is 13.5. The summed E-state index contributed by atoms with van der Waals surface area (Å²) >= 11 is 24.8. The number of hydrogen-bond donors (Lipinski definition) is 3. The van der Waals surface area contributed by atoms with E-state index in [2.05, 4.69) is 0 Å². The monoisotopic (exact) mass is 492 g/mol. The van der Waals surface area contributed by atoms with Crippen LogP contribution in [0, 0.1) is 0 Å². The first kappa shape index (κ1) is 22.0. The second-order valence-corrected chi connectivity index (χ2v) is 9.25. The summed E-state index contributed by atoms with van der Waals surface area (Å²) in [6.45, 7) is 0. The zero-order chi connectivity index (χ0) is 21.6. The number of hydrogen-bond acceptors (Lipinski definition) is 4. The highest BCUT2D eigenvalue weighted by Crippen LogP contribution is 2.55. The maximum Gasteiger partial charge on any atom is 0.283 e. The van der Waals surface area contributed by atoms with Gasteiger partial charge in [-0.3, -0.25) is 4.55 Å². The molecule has 1 unspecified atom stereocenters. The largest absolute Gasteiger partial charge is 0.507 e. The van der Waals surface area contributed by atoms with Crippen molar-refractivity contribution in [3.63, 3.8) is 0 Å². The highest BCUT2D eigenvalue weighted by atomic mass is 35.5. The van der Waals surface area contributed by atoms with Crippen LogP contribution in [0.15, 0.2) is 54.6 Å². The molecule has 1 atom stereocenters. The van der Waals surface area contributed by atoms with Gasteiger partial charge in [0.2, 0.25) is 0 Å². The fraction of sp³-hybridized carbons (Fsp3) is 0.0526. The van der Waals surface area contributed by atoms with Crippen molar-refractivity contribution in [2.45, 2.75) is 4.75 Å². The van der Waals surface area contributed by atoms with Crippen molar-refractivity contribution in [2.24, 2.45) is 0 Å². The predicted octanol–water partition coefficient (Wildman–Crippen LogP) is 5.89. The molecule has 29 heavy (non-hydrogen) atoms. The molecule has 0 spiro atoms. The van der Waals surface area contributed by atoms with Gasteiger partial charge in [-0.2, -0.15) is 8.42 Å². The lowest BCUT2D eigenvalue weighted by atomic mass is 9.82. The van der Waals surface area contributed by atoms with Crippen LogP contribution in [0.1, 0.15) is 16.7 Å². The second kappa shape index (κ2) is 7.87. The van der Waals surface area contributed by atoms with Gasteiger partial charge in [-0.05, 0) is 42.0 Å². The summed E-state index contributed by atoms with van der Waals surface area (Å²) in [4.78, 5) is 0. The van der Waals surface area contributed by atoms with Crippen molar-refractivity contribution in [2.75, 3.05) is 0 Å². The number of aromatic hydroxyl groups is 2. The van der Waals surface area contributed by atoms with Gasteiger partial charge < -0.3 is 10.2 Å². The summed E-state index contributed by atoms with van der Waals surface area (Å²) in [6.07, 6.45) is 0. The van der Waals surface area contributed by atoms with Crippen LogP contribution < -0.4 is 0 Å².